The average molecular weight is 294 g/mol. The van der Waals surface area contributed by atoms with Gasteiger partial charge in [0.05, 0.1) is 12.0 Å². The zero-order valence-corrected chi connectivity index (χ0v) is 11.7. The molecule has 0 aliphatic rings. The molecule has 0 atom stereocenters. The van der Waals surface area contributed by atoms with Crippen molar-refractivity contribution >= 4 is 22.7 Å². The van der Waals surface area contributed by atoms with Crippen molar-refractivity contribution in [1.29, 1.82) is 0 Å². The number of benzene rings is 1. The normalized spacial score (nSPS) is 10.4. The first-order chi connectivity index (χ1) is 10.7. The average Bonchev–Trinajstić information content (AvgIpc) is 2.97. The van der Waals surface area contributed by atoms with Crippen molar-refractivity contribution < 1.29 is 9.59 Å². The van der Waals surface area contributed by atoms with Crippen LogP contribution < -0.4 is 10.9 Å². The molecule has 1 aromatic carbocycles. The minimum absolute atomic E-state index is 0.178. The summed E-state index contributed by atoms with van der Waals surface area (Å²) < 4.78 is 0. The Morgan fingerprint density at radius 3 is 2.77 bits per heavy atom. The van der Waals surface area contributed by atoms with E-state index in [-0.39, 0.29) is 12.3 Å². The number of carbonyl (C=O) groups excluding carboxylic acids is 2. The second-order valence-electron chi connectivity index (χ2n) is 4.78. The summed E-state index contributed by atoms with van der Waals surface area (Å²) in [6, 6.07) is 11.0. The highest BCUT2D eigenvalue weighted by Gasteiger charge is 2.10. The van der Waals surface area contributed by atoms with Crippen LogP contribution in [0.4, 0.5) is 0 Å². The quantitative estimate of drug-likeness (QED) is 0.641. The lowest BCUT2D eigenvalue weighted by Gasteiger charge is -2.06. The van der Waals surface area contributed by atoms with Gasteiger partial charge in [0.25, 0.3) is 5.91 Å². The molecule has 6 heteroatoms. The molecule has 0 bridgehead atoms. The highest BCUT2D eigenvalue weighted by atomic mass is 16.2. The molecule has 3 rings (SSSR count). The minimum Gasteiger partial charge on any atom is -0.361 e. The number of rotatable bonds is 3. The zero-order valence-electron chi connectivity index (χ0n) is 11.7. The van der Waals surface area contributed by atoms with Crippen LogP contribution in [0.3, 0.4) is 0 Å². The van der Waals surface area contributed by atoms with E-state index in [0.29, 0.717) is 5.56 Å². The number of hydrogen-bond acceptors (Lipinski definition) is 3. The second kappa shape index (κ2) is 6.09. The molecule has 3 aromatic rings. The van der Waals surface area contributed by atoms with Crippen molar-refractivity contribution in [2.24, 2.45) is 0 Å². The molecule has 0 aliphatic heterocycles. The number of amides is 2. The summed E-state index contributed by atoms with van der Waals surface area (Å²) in [6.45, 7) is 0. The maximum absolute atomic E-state index is 11.9. The van der Waals surface area contributed by atoms with Gasteiger partial charge in [0.1, 0.15) is 0 Å². The number of nitrogens with zero attached hydrogens (tertiary/aromatic N) is 1. The van der Waals surface area contributed by atoms with Gasteiger partial charge >= 0.3 is 0 Å². The van der Waals surface area contributed by atoms with Crippen LogP contribution in [-0.4, -0.2) is 21.8 Å². The Labute approximate surface area is 126 Å². The Bertz CT molecular complexity index is 811. The molecule has 2 amide bonds. The number of aromatic amines is 1. The van der Waals surface area contributed by atoms with E-state index < -0.39 is 5.91 Å². The molecule has 2 heterocycles. The number of nitrogens with one attached hydrogen (secondary N) is 3. The molecule has 0 radical (unpaired) electrons. The number of hydrogen-bond donors (Lipinski definition) is 3. The van der Waals surface area contributed by atoms with Crippen LogP contribution >= 0.6 is 0 Å². The fraction of sp³-hybridized carbons (Fsp3) is 0.0625. The van der Waals surface area contributed by atoms with Crippen molar-refractivity contribution in [2.45, 2.75) is 6.42 Å². The van der Waals surface area contributed by atoms with Crippen molar-refractivity contribution in [1.82, 2.24) is 20.8 Å². The van der Waals surface area contributed by atoms with E-state index in [2.05, 4.69) is 20.8 Å². The van der Waals surface area contributed by atoms with Crippen LogP contribution in [0.5, 0.6) is 0 Å². The van der Waals surface area contributed by atoms with Gasteiger partial charge in [-0.15, -0.1) is 0 Å². The Hall–Kier alpha value is -3.15. The third-order valence-corrected chi connectivity index (χ3v) is 3.27. The number of para-hydroxylation sites is 1. The van der Waals surface area contributed by atoms with E-state index in [4.69, 9.17) is 0 Å². The van der Waals surface area contributed by atoms with E-state index in [1.54, 1.807) is 24.5 Å². The molecule has 6 nitrogen and oxygen atoms in total. The summed E-state index contributed by atoms with van der Waals surface area (Å²) in [5, 5.41) is 0.997. The van der Waals surface area contributed by atoms with Crippen molar-refractivity contribution in [3.05, 3.63) is 66.1 Å². The lowest BCUT2D eigenvalue weighted by molar-refractivity contribution is -0.121. The smallest absolute Gasteiger partial charge is 0.271 e. The molecule has 2 aromatic heterocycles. The van der Waals surface area contributed by atoms with Crippen LogP contribution in [0.2, 0.25) is 0 Å². The fourth-order valence-electron chi connectivity index (χ4n) is 2.19. The standard InChI is InChI=1S/C16H14N4O2/c21-15(19-20-16(22)11-4-3-7-17-9-11)8-12-10-18-14-6-2-1-5-13(12)14/h1-7,9-10,18H,8H2,(H,19,21)(H,20,22). The third kappa shape index (κ3) is 2.95. The van der Waals surface area contributed by atoms with Crippen molar-refractivity contribution in [3.8, 4) is 0 Å². The molecule has 22 heavy (non-hydrogen) atoms. The molecule has 0 fully saturated rings. The maximum Gasteiger partial charge on any atom is 0.271 e. The number of H-pyrrole nitrogens is 1. The number of carbonyl (C=O) groups is 2. The Balaban J connectivity index is 1.60. The summed E-state index contributed by atoms with van der Waals surface area (Å²) in [4.78, 5) is 30.7. The van der Waals surface area contributed by atoms with Gasteiger partial charge in [-0.05, 0) is 23.8 Å². The topological polar surface area (TPSA) is 86.9 Å². The first kappa shape index (κ1) is 13.8. The van der Waals surface area contributed by atoms with Gasteiger partial charge in [-0.25, -0.2) is 0 Å². The predicted molar refractivity (Wildman–Crippen MR) is 81.8 cm³/mol. The summed E-state index contributed by atoms with van der Waals surface area (Å²) in [5.41, 5.74) is 7.01. The van der Waals surface area contributed by atoms with E-state index in [1.165, 1.54) is 6.20 Å². The van der Waals surface area contributed by atoms with Gasteiger partial charge in [-0.2, -0.15) is 0 Å². The SMILES string of the molecule is O=C(Cc1c[nH]c2ccccc12)NNC(=O)c1cccnc1. The van der Waals surface area contributed by atoms with Gasteiger partial charge in [-0.1, -0.05) is 18.2 Å². The van der Waals surface area contributed by atoms with Gasteiger partial charge in [0, 0.05) is 29.5 Å². The van der Waals surface area contributed by atoms with Crippen LogP contribution in [-0.2, 0) is 11.2 Å². The first-order valence-corrected chi connectivity index (χ1v) is 6.78. The van der Waals surface area contributed by atoms with Gasteiger partial charge in [-0.3, -0.25) is 25.4 Å². The minimum atomic E-state index is -0.402. The van der Waals surface area contributed by atoms with Gasteiger partial charge in [0.15, 0.2) is 0 Å². The Morgan fingerprint density at radius 2 is 1.95 bits per heavy atom. The molecule has 0 spiro atoms. The lowest BCUT2D eigenvalue weighted by atomic mass is 10.1. The van der Waals surface area contributed by atoms with Crippen LogP contribution in [0.15, 0.2) is 55.0 Å². The van der Waals surface area contributed by atoms with E-state index in [1.807, 2.05) is 24.3 Å². The molecule has 0 saturated carbocycles. The summed E-state index contributed by atoms with van der Waals surface area (Å²) >= 11 is 0. The monoisotopic (exact) mass is 294 g/mol. The molecule has 0 unspecified atom stereocenters. The van der Waals surface area contributed by atoms with E-state index >= 15 is 0 Å². The highest BCUT2D eigenvalue weighted by Crippen LogP contribution is 2.17. The van der Waals surface area contributed by atoms with Crippen molar-refractivity contribution in [2.75, 3.05) is 0 Å². The third-order valence-electron chi connectivity index (χ3n) is 3.27. The van der Waals surface area contributed by atoms with Crippen molar-refractivity contribution in [3.63, 3.8) is 0 Å². The molecular weight excluding hydrogens is 280 g/mol. The number of fused-ring (bicyclic) bond motifs is 1. The van der Waals surface area contributed by atoms with Crippen LogP contribution in [0.1, 0.15) is 15.9 Å². The summed E-state index contributed by atoms with van der Waals surface area (Å²) in [7, 11) is 0. The summed E-state index contributed by atoms with van der Waals surface area (Å²) in [5.74, 6) is -0.692. The van der Waals surface area contributed by atoms with E-state index in [0.717, 1.165) is 16.5 Å². The fourth-order valence-corrected chi connectivity index (χ4v) is 2.19. The number of hydrazine groups is 1. The first-order valence-electron chi connectivity index (χ1n) is 6.78. The molecule has 110 valence electrons. The van der Waals surface area contributed by atoms with E-state index in [9.17, 15) is 9.59 Å². The molecule has 0 aliphatic carbocycles. The highest BCUT2D eigenvalue weighted by molar-refractivity contribution is 5.95. The Morgan fingerprint density at radius 1 is 1.09 bits per heavy atom. The van der Waals surface area contributed by atoms with Crippen LogP contribution in [0, 0.1) is 0 Å². The predicted octanol–water partition coefficient (Wildman–Crippen LogP) is 1.57. The number of pyridine rings is 1. The zero-order chi connectivity index (χ0) is 15.4. The van der Waals surface area contributed by atoms with Gasteiger partial charge < -0.3 is 4.98 Å². The lowest BCUT2D eigenvalue weighted by Crippen LogP contribution is -2.42. The molecule has 0 saturated heterocycles. The Kier molecular flexibility index (Phi) is 3.82. The van der Waals surface area contributed by atoms with Crippen LogP contribution in [0.25, 0.3) is 10.9 Å². The van der Waals surface area contributed by atoms with Gasteiger partial charge in [0.2, 0.25) is 5.91 Å². The molecule has 3 N–H and O–H groups in total. The maximum atomic E-state index is 11.9. The molecular formula is C16H14N4O2. The summed E-state index contributed by atoms with van der Waals surface area (Å²) in [6.07, 6.45) is 4.98. The second-order valence-corrected chi connectivity index (χ2v) is 4.78. The largest absolute Gasteiger partial charge is 0.361 e. The number of aromatic nitrogens is 2.